The molecule has 182 valence electrons. The lowest BCUT2D eigenvalue weighted by Gasteiger charge is -2.09. The predicted octanol–water partition coefficient (Wildman–Crippen LogP) is 6.99. The number of hydrogen-bond acceptors (Lipinski definition) is 6. The van der Waals surface area contributed by atoms with Crippen molar-refractivity contribution in [3.8, 4) is 5.75 Å². The van der Waals surface area contributed by atoms with Crippen molar-refractivity contribution in [2.24, 2.45) is 0 Å². The van der Waals surface area contributed by atoms with Crippen molar-refractivity contribution in [3.63, 3.8) is 0 Å². The molecule has 0 saturated carbocycles. The van der Waals surface area contributed by atoms with Crippen molar-refractivity contribution in [3.05, 3.63) is 105 Å². The molecular weight excluding hydrogens is 462 g/mol. The molecule has 0 radical (unpaired) electrons. The molecule has 0 atom stereocenters. The number of rotatable bonds is 13. The van der Waals surface area contributed by atoms with Crippen LogP contribution >= 0.6 is 12.6 Å². The number of esters is 1. The first kappa shape index (κ1) is 26.0. The summed E-state index contributed by atoms with van der Waals surface area (Å²) in [5.41, 5.74) is 2.49. The van der Waals surface area contributed by atoms with Gasteiger partial charge in [0.25, 0.3) is 5.69 Å². The smallest absolute Gasteiger partial charge is 0.338 e. The average Bonchev–Trinajstić information content (AvgIpc) is 2.89. The Kier molecular flexibility index (Phi) is 10.4. The number of nitrogens with zero attached hydrogens (tertiary/aromatic N) is 1. The van der Waals surface area contributed by atoms with Crippen LogP contribution in [0.5, 0.6) is 5.75 Å². The highest BCUT2D eigenvalue weighted by molar-refractivity contribution is 7.80. The largest absolute Gasteiger partial charge is 0.489 e. The Morgan fingerprint density at radius 2 is 1.57 bits per heavy atom. The topological polar surface area (TPSA) is 78.7 Å². The second kappa shape index (κ2) is 14.0. The first-order valence-corrected chi connectivity index (χ1v) is 12.2. The van der Waals surface area contributed by atoms with Crippen LogP contribution < -0.4 is 4.74 Å². The van der Waals surface area contributed by atoms with E-state index >= 15 is 0 Å². The molecule has 0 aliphatic heterocycles. The fourth-order valence-electron chi connectivity index (χ4n) is 3.39. The fraction of sp³-hybridized carbons (Fsp3) is 0.250. The van der Waals surface area contributed by atoms with Crippen LogP contribution in [0.4, 0.5) is 5.69 Å². The maximum Gasteiger partial charge on any atom is 0.338 e. The van der Waals surface area contributed by atoms with Crippen LogP contribution in [0.1, 0.15) is 52.7 Å². The van der Waals surface area contributed by atoms with E-state index in [1.54, 1.807) is 6.07 Å². The summed E-state index contributed by atoms with van der Waals surface area (Å²) < 4.78 is 11.0. The van der Waals surface area contributed by atoms with E-state index in [-0.39, 0.29) is 17.9 Å². The van der Waals surface area contributed by atoms with E-state index in [1.165, 1.54) is 12.1 Å². The van der Waals surface area contributed by atoms with Gasteiger partial charge in [0.05, 0.1) is 22.7 Å². The van der Waals surface area contributed by atoms with Crippen molar-refractivity contribution in [2.75, 3.05) is 12.4 Å². The molecule has 0 aliphatic rings. The third-order valence-electron chi connectivity index (χ3n) is 5.35. The van der Waals surface area contributed by atoms with Gasteiger partial charge in [-0.1, -0.05) is 67.5 Å². The Morgan fingerprint density at radius 3 is 2.26 bits per heavy atom. The van der Waals surface area contributed by atoms with Crippen LogP contribution in [0, 0.1) is 10.1 Å². The highest BCUT2D eigenvalue weighted by Crippen LogP contribution is 2.24. The van der Waals surface area contributed by atoms with Crippen LogP contribution in [0.2, 0.25) is 0 Å². The van der Waals surface area contributed by atoms with Crippen molar-refractivity contribution in [1.82, 2.24) is 0 Å². The lowest BCUT2D eigenvalue weighted by molar-refractivity contribution is -0.385. The minimum absolute atomic E-state index is 0.00991. The number of ether oxygens (including phenoxy) is 2. The third kappa shape index (κ3) is 8.61. The van der Waals surface area contributed by atoms with Crippen LogP contribution in [-0.4, -0.2) is 23.3 Å². The van der Waals surface area contributed by atoms with Crippen LogP contribution in [0.3, 0.4) is 0 Å². The monoisotopic (exact) mass is 491 g/mol. The Labute approximate surface area is 211 Å². The van der Waals surface area contributed by atoms with Gasteiger partial charge in [0.15, 0.2) is 0 Å². The first-order valence-electron chi connectivity index (χ1n) is 11.6. The van der Waals surface area contributed by atoms with Gasteiger partial charge in [-0.25, -0.2) is 4.79 Å². The number of nitro benzene ring substituents is 1. The molecule has 35 heavy (non-hydrogen) atoms. The number of benzene rings is 3. The molecule has 3 rings (SSSR count). The van der Waals surface area contributed by atoms with E-state index in [9.17, 15) is 14.9 Å². The highest BCUT2D eigenvalue weighted by Gasteiger charge is 2.19. The summed E-state index contributed by atoms with van der Waals surface area (Å²) in [6.07, 6.45) is 7.80. The van der Waals surface area contributed by atoms with Gasteiger partial charge in [0, 0.05) is 6.07 Å². The number of unbranched alkanes of at least 4 members (excludes halogenated alkanes) is 3. The van der Waals surface area contributed by atoms with Crippen molar-refractivity contribution in [1.29, 1.82) is 0 Å². The van der Waals surface area contributed by atoms with Crippen molar-refractivity contribution >= 4 is 36.4 Å². The first-order chi connectivity index (χ1) is 17.1. The minimum atomic E-state index is -0.561. The molecule has 0 saturated heterocycles. The quantitative estimate of drug-likeness (QED) is 0.0696. The normalized spacial score (nSPS) is 10.9. The Bertz CT molecular complexity index is 1130. The summed E-state index contributed by atoms with van der Waals surface area (Å²) in [4.78, 5) is 23.4. The van der Waals surface area contributed by atoms with E-state index in [1.807, 2.05) is 66.7 Å². The molecule has 0 aromatic heterocycles. The summed E-state index contributed by atoms with van der Waals surface area (Å²) in [6, 6.07) is 21.8. The standard InChI is InChI=1S/C28H29NO5S/c30-28(33-18-6-1-2-7-19-35)24-14-15-25(27(20-24)29(31)32)21-34-26-16-12-23(13-17-26)11-10-22-8-4-3-5-9-22/h3-5,8-17,20,35H,1-2,6-7,18-19,21H2/b11-10+. The summed E-state index contributed by atoms with van der Waals surface area (Å²) in [5.74, 6) is 0.878. The Hall–Kier alpha value is -3.58. The zero-order valence-electron chi connectivity index (χ0n) is 19.5. The number of thiol groups is 1. The molecule has 0 N–H and O–H groups in total. The second-order valence-corrected chi connectivity index (χ2v) is 8.42. The lowest BCUT2D eigenvalue weighted by Crippen LogP contribution is -2.08. The number of carbonyl (C=O) groups is 1. The van der Waals surface area contributed by atoms with E-state index in [2.05, 4.69) is 12.6 Å². The lowest BCUT2D eigenvalue weighted by atomic mass is 10.1. The van der Waals surface area contributed by atoms with E-state index in [0.717, 1.165) is 42.6 Å². The predicted molar refractivity (Wildman–Crippen MR) is 142 cm³/mol. The number of nitro groups is 1. The molecule has 0 unspecified atom stereocenters. The van der Waals surface area contributed by atoms with Crippen molar-refractivity contribution < 1.29 is 19.2 Å². The van der Waals surface area contributed by atoms with Crippen molar-refractivity contribution in [2.45, 2.75) is 32.3 Å². The second-order valence-electron chi connectivity index (χ2n) is 7.98. The Morgan fingerprint density at radius 1 is 0.886 bits per heavy atom. The van der Waals surface area contributed by atoms with Gasteiger partial charge >= 0.3 is 5.97 Å². The van der Waals surface area contributed by atoms with E-state index < -0.39 is 10.9 Å². The van der Waals surface area contributed by atoms with Crippen LogP contribution in [-0.2, 0) is 11.3 Å². The maximum absolute atomic E-state index is 12.3. The third-order valence-corrected chi connectivity index (χ3v) is 5.66. The molecule has 0 amide bonds. The molecular formula is C28H29NO5S. The molecule has 7 heteroatoms. The van der Waals surface area contributed by atoms with E-state index in [4.69, 9.17) is 9.47 Å². The minimum Gasteiger partial charge on any atom is -0.489 e. The van der Waals surface area contributed by atoms with Crippen LogP contribution in [0.25, 0.3) is 12.2 Å². The van der Waals surface area contributed by atoms with Gasteiger partial charge in [-0.2, -0.15) is 12.6 Å². The van der Waals surface area contributed by atoms with Gasteiger partial charge in [-0.15, -0.1) is 0 Å². The SMILES string of the molecule is O=C(OCCCCCCS)c1ccc(COc2ccc(/C=C/c3ccccc3)cc2)c([N+](=O)[O-])c1. The maximum atomic E-state index is 12.3. The number of carbonyl (C=O) groups excluding carboxylic acids is 1. The summed E-state index contributed by atoms with van der Waals surface area (Å²) in [7, 11) is 0. The van der Waals surface area contributed by atoms with E-state index in [0.29, 0.717) is 17.9 Å². The molecule has 0 aliphatic carbocycles. The summed E-state index contributed by atoms with van der Waals surface area (Å²) in [5, 5.41) is 11.6. The van der Waals surface area contributed by atoms with Gasteiger partial charge in [0.2, 0.25) is 0 Å². The zero-order valence-corrected chi connectivity index (χ0v) is 20.4. The zero-order chi connectivity index (χ0) is 24.9. The highest BCUT2D eigenvalue weighted by atomic mass is 32.1. The Balaban J connectivity index is 1.56. The molecule has 6 nitrogen and oxygen atoms in total. The molecule has 3 aromatic carbocycles. The fourth-order valence-corrected chi connectivity index (χ4v) is 3.61. The molecule has 0 heterocycles. The summed E-state index contributed by atoms with van der Waals surface area (Å²) >= 11 is 4.17. The summed E-state index contributed by atoms with van der Waals surface area (Å²) in [6.45, 7) is 0.302. The number of hydrogen-bond donors (Lipinski definition) is 1. The molecule has 3 aromatic rings. The van der Waals surface area contributed by atoms with Gasteiger partial charge < -0.3 is 9.47 Å². The van der Waals surface area contributed by atoms with Gasteiger partial charge in [0.1, 0.15) is 12.4 Å². The average molecular weight is 492 g/mol. The van der Waals surface area contributed by atoms with Gasteiger partial charge in [-0.3, -0.25) is 10.1 Å². The molecule has 0 bridgehead atoms. The molecule has 0 spiro atoms. The van der Waals surface area contributed by atoms with Crippen LogP contribution in [0.15, 0.2) is 72.8 Å². The molecule has 0 fully saturated rings. The van der Waals surface area contributed by atoms with Gasteiger partial charge in [-0.05, 0) is 54.0 Å².